The van der Waals surface area contributed by atoms with Gasteiger partial charge in [-0.2, -0.15) is 5.10 Å². The van der Waals surface area contributed by atoms with Gasteiger partial charge in [0.05, 0.1) is 17.3 Å². The minimum atomic E-state index is -0.850. The predicted octanol–water partition coefficient (Wildman–Crippen LogP) is 2.43. The number of urea groups is 1. The third kappa shape index (κ3) is 3.24. The van der Waals surface area contributed by atoms with Crippen LogP contribution in [0.2, 0.25) is 0 Å². The highest BCUT2D eigenvalue weighted by molar-refractivity contribution is 5.90. The Balaban J connectivity index is 1.72. The molecule has 24 heavy (non-hydrogen) atoms. The molecule has 7 nitrogen and oxygen atoms in total. The monoisotopic (exact) mass is 328 g/mol. The first-order valence-electron chi connectivity index (χ1n) is 7.86. The number of rotatable bonds is 3. The van der Waals surface area contributed by atoms with E-state index < -0.39 is 11.9 Å². The third-order valence-corrected chi connectivity index (χ3v) is 4.18. The number of amides is 2. The molecular weight excluding hydrogens is 308 g/mol. The topological polar surface area (TPSA) is 87.5 Å². The van der Waals surface area contributed by atoms with E-state index in [-0.39, 0.29) is 12.6 Å². The van der Waals surface area contributed by atoms with E-state index in [1.54, 1.807) is 6.07 Å². The summed E-state index contributed by atoms with van der Waals surface area (Å²) in [6.45, 7) is 4.61. The minimum Gasteiger partial charge on any atom is -0.481 e. The Bertz CT molecular complexity index is 784. The van der Waals surface area contributed by atoms with Crippen LogP contribution in [0.3, 0.4) is 0 Å². The number of aryl methyl sites for hydroxylation is 2. The molecule has 1 fully saturated rings. The third-order valence-electron chi connectivity index (χ3n) is 4.18. The highest BCUT2D eigenvalue weighted by atomic mass is 16.4. The van der Waals surface area contributed by atoms with Crippen LogP contribution in [0.5, 0.6) is 0 Å². The number of likely N-dealkylation sites (tertiary alicyclic amines) is 1. The fraction of sp³-hybridized carbons (Fsp3) is 0.353. The van der Waals surface area contributed by atoms with Crippen molar-refractivity contribution in [2.45, 2.75) is 20.3 Å². The maximum absolute atomic E-state index is 12.3. The Kier molecular flexibility index (Phi) is 4.24. The second kappa shape index (κ2) is 6.35. The van der Waals surface area contributed by atoms with Crippen molar-refractivity contribution in [2.24, 2.45) is 5.92 Å². The molecular formula is C17H20N4O3. The number of anilines is 1. The van der Waals surface area contributed by atoms with Crippen LogP contribution < -0.4 is 5.32 Å². The number of hydrogen-bond acceptors (Lipinski definition) is 3. The number of hydrogen-bond donors (Lipinski definition) is 2. The lowest BCUT2D eigenvalue weighted by molar-refractivity contribution is -0.141. The second-order valence-corrected chi connectivity index (χ2v) is 6.09. The second-order valence-electron chi connectivity index (χ2n) is 6.09. The number of benzene rings is 1. The number of aromatic nitrogens is 2. The quantitative estimate of drug-likeness (QED) is 0.906. The van der Waals surface area contributed by atoms with Crippen molar-refractivity contribution >= 4 is 17.7 Å². The number of carboxylic acids is 1. The van der Waals surface area contributed by atoms with Crippen molar-refractivity contribution in [3.63, 3.8) is 0 Å². The average Bonchev–Trinajstić information content (AvgIpc) is 3.14. The molecule has 2 heterocycles. The molecule has 1 atom stereocenters. The van der Waals surface area contributed by atoms with Gasteiger partial charge in [-0.3, -0.25) is 4.79 Å². The molecule has 2 aromatic rings. The summed E-state index contributed by atoms with van der Waals surface area (Å²) in [7, 11) is 0. The summed E-state index contributed by atoms with van der Waals surface area (Å²) >= 11 is 0. The highest BCUT2D eigenvalue weighted by Gasteiger charge is 2.30. The summed E-state index contributed by atoms with van der Waals surface area (Å²) < 4.78 is 1.82. The number of nitrogens with zero attached hydrogens (tertiary/aromatic N) is 3. The van der Waals surface area contributed by atoms with Crippen molar-refractivity contribution < 1.29 is 14.7 Å². The lowest BCUT2D eigenvalue weighted by Gasteiger charge is -2.17. The summed E-state index contributed by atoms with van der Waals surface area (Å²) in [4.78, 5) is 24.8. The van der Waals surface area contributed by atoms with Gasteiger partial charge in [0.2, 0.25) is 0 Å². The van der Waals surface area contributed by atoms with E-state index in [2.05, 4.69) is 10.4 Å². The van der Waals surface area contributed by atoms with Crippen LogP contribution in [0, 0.1) is 19.8 Å². The van der Waals surface area contributed by atoms with Gasteiger partial charge in [0.1, 0.15) is 0 Å². The first-order chi connectivity index (χ1) is 11.4. The maximum atomic E-state index is 12.3. The molecule has 3 rings (SSSR count). The van der Waals surface area contributed by atoms with Gasteiger partial charge in [0, 0.05) is 24.5 Å². The number of nitrogens with one attached hydrogen (secondary N) is 1. The summed E-state index contributed by atoms with van der Waals surface area (Å²) in [6.07, 6.45) is 0.495. The van der Waals surface area contributed by atoms with Crippen LogP contribution in [-0.2, 0) is 4.79 Å². The van der Waals surface area contributed by atoms with Gasteiger partial charge in [0.25, 0.3) is 0 Å². The molecule has 126 valence electrons. The van der Waals surface area contributed by atoms with Crippen LogP contribution >= 0.6 is 0 Å². The first kappa shape index (κ1) is 16.0. The van der Waals surface area contributed by atoms with Crippen LogP contribution in [0.15, 0.2) is 30.3 Å². The summed E-state index contributed by atoms with van der Waals surface area (Å²) in [5.41, 5.74) is 3.46. The Labute approximate surface area is 139 Å². The van der Waals surface area contributed by atoms with Gasteiger partial charge in [0.15, 0.2) is 0 Å². The van der Waals surface area contributed by atoms with E-state index in [1.165, 1.54) is 4.90 Å². The zero-order valence-electron chi connectivity index (χ0n) is 13.7. The van der Waals surface area contributed by atoms with Crippen molar-refractivity contribution in [1.82, 2.24) is 14.7 Å². The average molecular weight is 328 g/mol. The molecule has 2 N–H and O–H groups in total. The highest BCUT2D eigenvalue weighted by Crippen LogP contribution is 2.20. The molecule has 0 aliphatic carbocycles. The molecule has 1 saturated heterocycles. The fourth-order valence-corrected chi connectivity index (χ4v) is 2.95. The predicted molar refractivity (Wildman–Crippen MR) is 89.4 cm³/mol. The number of carboxylic acid groups (broad SMARTS) is 1. The van der Waals surface area contributed by atoms with Crippen molar-refractivity contribution in [2.75, 3.05) is 18.4 Å². The number of carbonyl (C=O) groups is 2. The maximum Gasteiger partial charge on any atom is 0.321 e. The van der Waals surface area contributed by atoms with Crippen LogP contribution in [0.4, 0.5) is 10.5 Å². The number of aliphatic carboxylic acids is 1. The lowest BCUT2D eigenvalue weighted by atomic mass is 10.1. The molecule has 2 amide bonds. The molecule has 1 aliphatic heterocycles. The Morgan fingerprint density at radius 2 is 2.08 bits per heavy atom. The lowest BCUT2D eigenvalue weighted by Crippen LogP contribution is -2.33. The molecule has 1 aromatic carbocycles. The summed E-state index contributed by atoms with van der Waals surface area (Å²) in [5.74, 6) is -1.33. The molecule has 0 bridgehead atoms. The zero-order chi connectivity index (χ0) is 17.3. The first-order valence-corrected chi connectivity index (χ1v) is 7.86. The van der Waals surface area contributed by atoms with Gasteiger partial charge < -0.3 is 15.3 Å². The molecule has 1 aliphatic rings. The van der Waals surface area contributed by atoms with E-state index in [0.29, 0.717) is 18.7 Å². The molecule has 0 radical (unpaired) electrons. The van der Waals surface area contributed by atoms with Gasteiger partial charge in [-0.1, -0.05) is 6.07 Å². The van der Waals surface area contributed by atoms with E-state index in [9.17, 15) is 9.59 Å². The Hall–Kier alpha value is -2.83. The van der Waals surface area contributed by atoms with Gasteiger partial charge >= 0.3 is 12.0 Å². The summed E-state index contributed by atoms with van der Waals surface area (Å²) in [6, 6.07) is 9.14. The fourth-order valence-electron chi connectivity index (χ4n) is 2.95. The van der Waals surface area contributed by atoms with Crippen LogP contribution in [0.25, 0.3) is 5.69 Å². The summed E-state index contributed by atoms with van der Waals surface area (Å²) in [5, 5.41) is 16.3. The standard InChI is InChI=1S/C17H20N4O3/c1-11-8-12(2)21(19-11)15-5-3-4-14(9-15)18-17(24)20-7-6-13(10-20)16(22)23/h3-5,8-9,13H,6-7,10H2,1-2H3,(H,18,24)(H,22,23). The van der Waals surface area contributed by atoms with Crippen molar-refractivity contribution in [3.8, 4) is 5.69 Å². The van der Waals surface area contributed by atoms with E-state index in [4.69, 9.17) is 5.11 Å². The normalized spacial score (nSPS) is 17.1. The molecule has 1 unspecified atom stereocenters. The van der Waals surface area contributed by atoms with Gasteiger partial charge in [-0.05, 0) is 44.5 Å². The molecule has 0 spiro atoms. The van der Waals surface area contributed by atoms with Crippen LogP contribution in [-0.4, -0.2) is 44.9 Å². The van der Waals surface area contributed by atoms with Gasteiger partial charge in [-0.15, -0.1) is 0 Å². The van der Waals surface area contributed by atoms with E-state index in [0.717, 1.165) is 17.1 Å². The Morgan fingerprint density at radius 1 is 1.29 bits per heavy atom. The SMILES string of the molecule is Cc1cc(C)n(-c2cccc(NC(=O)N3CCC(C(=O)O)C3)c2)n1. The minimum absolute atomic E-state index is 0.248. The van der Waals surface area contributed by atoms with Crippen LogP contribution in [0.1, 0.15) is 17.8 Å². The largest absolute Gasteiger partial charge is 0.481 e. The van der Waals surface area contributed by atoms with Crippen molar-refractivity contribution in [3.05, 3.63) is 41.7 Å². The van der Waals surface area contributed by atoms with E-state index in [1.807, 2.05) is 42.8 Å². The zero-order valence-corrected chi connectivity index (χ0v) is 13.7. The van der Waals surface area contributed by atoms with Gasteiger partial charge in [-0.25, -0.2) is 9.48 Å². The van der Waals surface area contributed by atoms with E-state index >= 15 is 0 Å². The number of carbonyl (C=O) groups excluding carboxylic acids is 1. The molecule has 7 heteroatoms. The smallest absolute Gasteiger partial charge is 0.321 e. The molecule has 1 aromatic heterocycles. The van der Waals surface area contributed by atoms with Crippen molar-refractivity contribution in [1.29, 1.82) is 0 Å². The Morgan fingerprint density at radius 3 is 2.71 bits per heavy atom. The molecule has 0 saturated carbocycles.